The maximum atomic E-state index is 13.5. The topological polar surface area (TPSA) is 92.3 Å². The smallest absolute Gasteiger partial charge is 0.264 e. The molecule has 0 unspecified atom stereocenters. The van der Waals surface area contributed by atoms with E-state index in [9.17, 15) is 13.2 Å². The van der Waals surface area contributed by atoms with Crippen LogP contribution in [0, 0.1) is 6.92 Å². The van der Waals surface area contributed by atoms with Crippen LogP contribution in [0.4, 0.5) is 10.8 Å². The number of hydrogen-bond acceptors (Lipinski definition) is 6. The number of halogens is 1. The van der Waals surface area contributed by atoms with Gasteiger partial charge in [0.05, 0.1) is 10.6 Å². The molecular weight excluding hydrogens is 480 g/mol. The van der Waals surface area contributed by atoms with Gasteiger partial charge in [0, 0.05) is 10.6 Å². The van der Waals surface area contributed by atoms with Crippen molar-refractivity contribution in [2.24, 2.45) is 0 Å². The molecule has 1 heterocycles. The van der Waals surface area contributed by atoms with Gasteiger partial charge in [-0.15, -0.1) is 10.2 Å². The van der Waals surface area contributed by atoms with E-state index >= 15 is 0 Å². The van der Waals surface area contributed by atoms with Crippen LogP contribution in [0.5, 0.6) is 0 Å². The Morgan fingerprint density at radius 1 is 0.970 bits per heavy atom. The second kappa shape index (κ2) is 9.70. The first-order valence-corrected chi connectivity index (χ1v) is 12.5. The lowest BCUT2D eigenvalue weighted by Gasteiger charge is -2.25. The van der Waals surface area contributed by atoms with Gasteiger partial charge in [0.15, 0.2) is 0 Å². The zero-order chi connectivity index (χ0) is 23.4. The molecule has 7 nitrogen and oxygen atoms in total. The average Bonchev–Trinajstić information content (AvgIpc) is 3.29. The van der Waals surface area contributed by atoms with Crippen LogP contribution in [0.1, 0.15) is 5.56 Å². The number of amides is 1. The number of benzene rings is 3. The fraction of sp³-hybridized carbons (Fsp3) is 0.0870. The van der Waals surface area contributed by atoms with Crippen molar-refractivity contribution in [3.63, 3.8) is 0 Å². The molecule has 0 radical (unpaired) electrons. The summed E-state index contributed by atoms with van der Waals surface area (Å²) in [6.45, 7) is 1.25. The van der Waals surface area contributed by atoms with Crippen molar-refractivity contribution in [2.75, 3.05) is 16.2 Å². The number of sulfonamides is 1. The molecule has 1 N–H and O–H groups in total. The summed E-state index contributed by atoms with van der Waals surface area (Å²) in [7, 11) is -4.04. The van der Waals surface area contributed by atoms with Gasteiger partial charge in [-0.3, -0.25) is 14.4 Å². The maximum absolute atomic E-state index is 13.5. The molecule has 4 rings (SSSR count). The first kappa shape index (κ1) is 22.9. The number of carbonyl (C=O) groups is 1. The summed E-state index contributed by atoms with van der Waals surface area (Å²) in [5.41, 5.74) is 1.75. The van der Waals surface area contributed by atoms with Gasteiger partial charge in [-0.05, 0) is 36.8 Å². The minimum atomic E-state index is -4.04. The first-order valence-electron chi connectivity index (χ1n) is 9.88. The van der Waals surface area contributed by atoms with E-state index in [1.807, 2.05) is 30.3 Å². The van der Waals surface area contributed by atoms with Crippen molar-refractivity contribution in [1.82, 2.24) is 10.2 Å². The molecule has 1 aromatic heterocycles. The Kier molecular flexibility index (Phi) is 6.73. The molecule has 33 heavy (non-hydrogen) atoms. The minimum absolute atomic E-state index is 0.0689. The van der Waals surface area contributed by atoms with E-state index < -0.39 is 22.5 Å². The Hall–Kier alpha value is -3.27. The van der Waals surface area contributed by atoms with Gasteiger partial charge in [-0.25, -0.2) is 8.42 Å². The summed E-state index contributed by atoms with van der Waals surface area (Å²) in [6, 6.07) is 22.3. The van der Waals surface area contributed by atoms with Crippen molar-refractivity contribution in [3.05, 3.63) is 89.4 Å². The number of carbonyl (C=O) groups excluding carboxylic acids is 1. The molecule has 0 spiro atoms. The minimum Gasteiger partial charge on any atom is -0.299 e. The summed E-state index contributed by atoms with van der Waals surface area (Å²) in [6.07, 6.45) is 0. The molecule has 0 saturated carbocycles. The molecule has 0 saturated heterocycles. The highest BCUT2D eigenvalue weighted by atomic mass is 35.5. The van der Waals surface area contributed by atoms with Crippen molar-refractivity contribution in [3.8, 4) is 10.6 Å². The Balaban J connectivity index is 1.63. The third kappa shape index (κ3) is 5.05. The maximum Gasteiger partial charge on any atom is 0.264 e. The van der Waals surface area contributed by atoms with E-state index in [-0.39, 0.29) is 10.0 Å². The SMILES string of the molecule is Cc1c(Cl)cccc1N(CC(=O)Nc1nnc(-c2ccccc2)s1)S(=O)(=O)c1ccccc1. The van der Waals surface area contributed by atoms with Crippen molar-refractivity contribution in [2.45, 2.75) is 11.8 Å². The number of nitrogens with one attached hydrogen (secondary N) is 1. The molecule has 168 valence electrons. The Labute approximate surface area is 200 Å². The lowest BCUT2D eigenvalue weighted by Crippen LogP contribution is -2.38. The Morgan fingerprint density at radius 2 is 1.64 bits per heavy atom. The van der Waals surface area contributed by atoms with Crippen LogP contribution in [0.2, 0.25) is 5.02 Å². The van der Waals surface area contributed by atoms with Crippen LogP contribution in [0.25, 0.3) is 10.6 Å². The predicted molar refractivity (Wildman–Crippen MR) is 131 cm³/mol. The quantitative estimate of drug-likeness (QED) is 0.387. The third-order valence-electron chi connectivity index (χ3n) is 4.82. The normalized spacial score (nSPS) is 11.2. The first-order chi connectivity index (χ1) is 15.9. The van der Waals surface area contributed by atoms with Gasteiger partial charge in [-0.2, -0.15) is 0 Å². The summed E-state index contributed by atoms with van der Waals surface area (Å²) < 4.78 is 28.0. The van der Waals surface area contributed by atoms with E-state index in [0.29, 0.717) is 21.3 Å². The van der Waals surface area contributed by atoms with Gasteiger partial charge in [0.25, 0.3) is 10.0 Å². The molecule has 0 atom stereocenters. The number of nitrogens with zero attached hydrogens (tertiary/aromatic N) is 3. The van der Waals surface area contributed by atoms with E-state index in [4.69, 9.17) is 11.6 Å². The molecular formula is C23H19ClN4O3S2. The number of rotatable bonds is 7. The zero-order valence-corrected chi connectivity index (χ0v) is 19.9. The van der Waals surface area contributed by atoms with E-state index in [1.165, 1.54) is 23.5 Å². The Bertz CT molecular complexity index is 1380. The Morgan fingerprint density at radius 3 is 2.33 bits per heavy atom. The third-order valence-corrected chi connectivity index (χ3v) is 7.89. The van der Waals surface area contributed by atoms with Crippen LogP contribution in [0.3, 0.4) is 0 Å². The number of aromatic nitrogens is 2. The van der Waals surface area contributed by atoms with E-state index in [0.717, 1.165) is 9.87 Å². The van der Waals surface area contributed by atoms with Gasteiger partial charge >= 0.3 is 0 Å². The number of hydrogen-bond donors (Lipinski definition) is 1. The highest BCUT2D eigenvalue weighted by Crippen LogP contribution is 2.31. The van der Waals surface area contributed by atoms with Crippen LogP contribution in [0.15, 0.2) is 83.8 Å². The largest absolute Gasteiger partial charge is 0.299 e. The summed E-state index contributed by atoms with van der Waals surface area (Å²) >= 11 is 7.45. The number of anilines is 2. The highest BCUT2D eigenvalue weighted by molar-refractivity contribution is 7.92. The monoisotopic (exact) mass is 498 g/mol. The second-order valence-electron chi connectivity index (χ2n) is 7.04. The molecule has 0 fully saturated rings. The van der Waals surface area contributed by atoms with Gasteiger partial charge in [-0.1, -0.05) is 77.5 Å². The summed E-state index contributed by atoms with van der Waals surface area (Å²) in [5, 5.41) is 12.1. The molecule has 1 amide bonds. The fourth-order valence-corrected chi connectivity index (χ4v) is 5.58. The average molecular weight is 499 g/mol. The molecule has 0 bridgehead atoms. The predicted octanol–water partition coefficient (Wildman–Crippen LogP) is 5.00. The highest BCUT2D eigenvalue weighted by Gasteiger charge is 2.29. The second-order valence-corrected chi connectivity index (χ2v) is 10.3. The van der Waals surface area contributed by atoms with E-state index in [2.05, 4.69) is 15.5 Å². The van der Waals surface area contributed by atoms with Crippen LogP contribution < -0.4 is 9.62 Å². The fourth-order valence-electron chi connectivity index (χ4n) is 3.15. The van der Waals surface area contributed by atoms with Crippen LogP contribution in [-0.2, 0) is 14.8 Å². The van der Waals surface area contributed by atoms with Gasteiger partial charge in [0.1, 0.15) is 11.6 Å². The summed E-state index contributed by atoms with van der Waals surface area (Å²) in [4.78, 5) is 13.0. The molecule has 3 aromatic carbocycles. The van der Waals surface area contributed by atoms with Crippen molar-refractivity contribution < 1.29 is 13.2 Å². The lowest BCUT2D eigenvalue weighted by molar-refractivity contribution is -0.114. The van der Waals surface area contributed by atoms with Crippen LogP contribution in [-0.4, -0.2) is 31.1 Å². The standard InChI is InChI=1S/C23H19ClN4O3S2/c1-16-19(24)13-8-14-20(16)28(33(30,31)18-11-6-3-7-12-18)15-21(29)25-23-27-26-22(32-23)17-9-4-2-5-10-17/h2-14H,15H2,1H3,(H,25,27,29). The van der Waals surface area contributed by atoms with Crippen LogP contribution >= 0.6 is 22.9 Å². The molecule has 0 aliphatic carbocycles. The van der Waals surface area contributed by atoms with Gasteiger partial charge < -0.3 is 0 Å². The van der Waals surface area contributed by atoms with Crippen molar-refractivity contribution in [1.29, 1.82) is 0 Å². The molecule has 10 heteroatoms. The molecule has 4 aromatic rings. The van der Waals surface area contributed by atoms with Crippen molar-refractivity contribution >= 4 is 49.7 Å². The van der Waals surface area contributed by atoms with Gasteiger partial charge in [0.2, 0.25) is 11.0 Å². The zero-order valence-electron chi connectivity index (χ0n) is 17.5. The summed E-state index contributed by atoms with van der Waals surface area (Å²) in [5.74, 6) is -0.551. The molecule has 0 aliphatic rings. The molecule has 0 aliphatic heterocycles. The lowest BCUT2D eigenvalue weighted by atomic mass is 10.2. The van der Waals surface area contributed by atoms with E-state index in [1.54, 1.807) is 43.3 Å².